The van der Waals surface area contributed by atoms with Crippen molar-refractivity contribution >= 4 is 22.9 Å². The number of carbonyl (C=O) groups excluding carboxylic acids is 1. The van der Waals surface area contributed by atoms with Crippen molar-refractivity contribution < 1.29 is 4.79 Å². The van der Waals surface area contributed by atoms with E-state index in [1.165, 1.54) is 9.56 Å². The summed E-state index contributed by atoms with van der Waals surface area (Å²) in [5.41, 5.74) is 6.35. The topological polar surface area (TPSA) is 72.9 Å². The molecule has 2 rings (SSSR count). The number of carbonyl (C=O) groups is 1. The predicted octanol–water partition coefficient (Wildman–Crippen LogP) is 1.30. The Balaban J connectivity index is 2.00. The van der Waals surface area contributed by atoms with Crippen molar-refractivity contribution in [2.24, 2.45) is 7.05 Å². The van der Waals surface area contributed by atoms with Gasteiger partial charge in [-0.1, -0.05) is 0 Å². The van der Waals surface area contributed by atoms with E-state index in [1.807, 2.05) is 19.1 Å². The maximum absolute atomic E-state index is 11.8. The number of hydrogen-bond acceptors (Lipinski definition) is 4. The quantitative estimate of drug-likeness (QED) is 0.862. The van der Waals surface area contributed by atoms with E-state index in [0.29, 0.717) is 12.2 Å². The molecule has 2 aromatic heterocycles. The van der Waals surface area contributed by atoms with Crippen molar-refractivity contribution in [1.82, 2.24) is 15.1 Å². The van der Waals surface area contributed by atoms with Crippen LogP contribution in [0.3, 0.4) is 0 Å². The first-order chi connectivity index (χ1) is 8.06. The number of nitrogens with two attached hydrogens (primary N) is 1. The molecule has 1 amide bonds. The summed E-state index contributed by atoms with van der Waals surface area (Å²) in [7, 11) is 1.73. The van der Waals surface area contributed by atoms with E-state index in [-0.39, 0.29) is 11.6 Å². The van der Waals surface area contributed by atoms with Gasteiger partial charge < -0.3 is 11.1 Å². The highest BCUT2D eigenvalue weighted by atomic mass is 32.1. The number of nitrogen functional groups attached to an aromatic ring is 1. The minimum absolute atomic E-state index is 0.242. The fourth-order valence-corrected chi connectivity index (χ4v) is 2.34. The molecule has 6 heteroatoms. The second-order valence-corrected chi connectivity index (χ2v) is 5.17. The molecule has 3 N–H and O–H groups in total. The smallest absolute Gasteiger partial charge is 0.274 e. The van der Waals surface area contributed by atoms with E-state index < -0.39 is 0 Å². The van der Waals surface area contributed by atoms with Gasteiger partial charge in [0.2, 0.25) is 0 Å². The summed E-state index contributed by atoms with van der Waals surface area (Å²) in [6.07, 6.45) is 1.62. The van der Waals surface area contributed by atoms with E-state index in [9.17, 15) is 4.79 Å². The standard InChI is InChI=1S/C11H14N4OS/c1-7-3-4-8(17-7)5-13-11(16)10-9(12)6-15(2)14-10/h3-4,6H,5,12H2,1-2H3,(H,13,16). The van der Waals surface area contributed by atoms with Gasteiger partial charge in [-0.25, -0.2) is 0 Å². The first kappa shape index (κ1) is 11.7. The average Bonchev–Trinajstić information content (AvgIpc) is 2.81. The molecule has 0 fully saturated rings. The Labute approximate surface area is 103 Å². The lowest BCUT2D eigenvalue weighted by atomic mass is 10.3. The van der Waals surface area contributed by atoms with E-state index >= 15 is 0 Å². The van der Waals surface area contributed by atoms with Gasteiger partial charge in [0.15, 0.2) is 5.69 Å². The molecule has 0 atom stereocenters. The number of nitrogens with zero attached hydrogens (tertiary/aromatic N) is 2. The third kappa shape index (κ3) is 2.65. The number of anilines is 1. The monoisotopic (exact) mass is 250 g/mol. The van der Waals surface area contributed by atoms with Crippen LogP contribution in [0, 0.1) is 6.92 Å². The van der Waals surface area contributed by atoms with Gasteiger partial charge in [-0.15, -0.1) is 11.3 Å². The maximum atomic E-state index is 11.8. The largest absolute Gasteiger partial charge is 0.396 e. The minimum atomic E-state index is -0.242. The number of nitrogens with one attached hydrogen (secondary N) is 1. The van der Waals surface area contributed by atoms with Crippen LogP contribution < -0.4 is 11.1 Å². The summed E-state index contributed by atoms with van der Waals surface area (Å²) in [4.78, 5) is 14.1. The zero-order valence-electron chi connectivity index (χ0n) is 9.73. The van der Waals surface area contributed by atoms with Crippen molar-refractivity contribution in [3.8, 4) is 0 Å². The van der Waals surface area contributed by atoms with E-state index in [2.05, 4.69) is 10.4 Å². The van der Waals surface area contributed by atoms with Crippen LogP contribution in [0.4, 0.5) is 5.69 Å². The Kier molecular flexibility index (Phi) is 3.14. The van der Waals surface area contributed by atoms with Crippen LogP contribution in [0.25, 0.3) is 0 Å². The van der Waals surface area contributed by atoms with E-state index in [4.69, 9.17) is 5.73 Å². The number of aromatic nitrogens is 2. The molecule has 90 valence electrons. The highest BCUT2D eigenvalue weighted by Crippen LogP contribution is 2.15. The fraction of sp³-hybridized carbons (Fsp3) is 0.273. The highest BCUT2D eigenvalue weighted by Gasteiger charge is 2.13. The molecule has 0 aliphatic rings. The van der Waals surface area contributed by atoms with Crippen LogP contribution in [0.15, 0.2) is 18.3 Å². The van der Waals surface area contributed by atoms with Gasteiger partial charge >= 0.3 is 0 Å². The lowest BCUT2D eigenvalue weighted by Crippen LogP contribution is -2.23. The molecular weight excluding hydrogens is 236 g/mol. The molecule has 0 aliphatic heterocycles. The molecule has 0 radical (unpaired) electrons. The van der Waals surface area contributed by atoms with Gasteiger partial charge in [0, 0.05) is 23.0 Å². The second-order valence-electron chi connectivity index (χ2n) is 3.80. The third-order valence-corrected chi connectivity index (χ3v) is 3.29. The number of hydrogen-bond donors (Lipinski definition) is 2. The lowest BCUT2D eigenvalue weighted by Gasteiger charge is -2.01. The zero-order valence-corrected chi connectivity index (χ0v) is 10.5. The Hall–Kier alpha value is -1.82. The molecule has 0 spiro atoms. The number of aryl methyl sites for hydroxylation is 2. The Morgan fingerprint density at radius 2 is 2.35 bits per heavy atom. The molecule has 5 nitrogen and oxygen atoms in total. The normalized spacial score (nSPS) is 10.5. The SMILES string of the molecule is Cc1ccc(CNC(=O)c2nn(C)cc2N)s1. The molecule has 0 unspecified atom stereocenters. The molecule has 2 aromatic rings. The van der Waals surface area contributed by atoms with Gasteiger partial charge in [0.25, 0.3) is 5.91 Å². The summed E-state index contributed by atoms with van der Waals surface area (Å²) in [6.45, 7) is 2.54. The van der Waals surface area contributed by atoms with Gasteiger partial charge in [-0.2, -0.15) is 5.10 Å². The van der Waals surface area contributed by atoms with E-state index in [1.54, 1.807) is 24.6 Å². The molecule has 0 aromatic carbocycles. The number of thiophene rings is 1. The molecule has 0 aliphatic carbocycles. The van der Waals surface area contributed by atoms with Crippen LogP contribution in [0.5, 0.6) is 0 Å². The van der Waals surface area contributed by atoms with Gasteiger partial charge in [0.05, 0.1) is 12.2 Å². The third-order valence-electron chi connectivity index (χ3n) is 2.29. The summed E-state index contributed by atoms with van der Waals surface area (Å²) in [5, 5.41) is 6.81. The van der Waals surface area contributed by atoms with Crippen molar-refractivity contribution in [3.63, 3.8) is 0 Å². The average molecular weight is 250 g/mol. The van der Waals surface area contributed by atoms with Crippen molar-refractivity contribution in [2.45, 2.75) is 13.5 Å². The van der Waals surface area contributed by atoms with E-state index in [0.717, 1.165) is 4.88 Å². The first-order valence-electron chi connectivity index (χ1n) is 5.19. The van der Waals surface area contributed by atoms with Gasteiger partial charge in [-0.05, 0) is 19.1 Å². The Bertz CT molecular complexity index is 543. The first-order valence-corrected chi connectivity index (χ1v) is 6.00. The summed E-state index contributed by atoms with van der Waals surface area (Å²) < 4.78 is 1.53. The summed E-state index contributed by atoms with van der Waals surface area (Å²) >= 11 is 1.66. The van der Waals surface area contributed by atoms with Crippen LogP contribution in [-0.4, -0.2) is 15.7 Å². The van der Waals surface area contributed by atoms with Crippen molar-refractivity contribution in [2.75, 3.05) is 5.73 Å². The van der Waals surface area contributed by atoms with Crippen LogP contribution in [-0.2, 0) is 13.6 Å². The number of amides is 1. The van der Waals surface area contributed by atoms with Gasteiger partial charge in [0.1, 0.15) is 0 Å². The Morgan fingerprint density at radius 1 is 1.59 bits per heavy atom. The van der Waals surface area contributed by atoms with Crippen LogP contribution in [0.1, 0.15) is 20.2 Å². The summed E-state index contributed by atoms with van der Waals surface area (Å²) in [6, 6.07) is 4.03. The molecule has 17 heavy (non-hydrogen) atoms. The van der Waals surface area contributed by atoms with Crippen molar-refractivity contribution in [3.05, 3.63) is 33.8 Å². The summed E-state index contributed by atoms with van der Waals surface area (Å²) in [5.74, 6) is -0.242. The Morgan fingerprint density at radius 3 is 2.88 bits per heavy atom. The van der Waals surface area contributed by atoms with Crippen molar-refractivity contribution in [1.29, 1.82) is 0 Å². The zero-order chi connectivity index (χ0) is 12.4. The second kappa shape index (κ2) is 4.58. The lowest BCUT2D eigenvalue weighted by molar-refractivity contribution is 0.0946. The maximum Gasteiger partial charge on any atom is 0.274 e. The number of rotatable bonds is 3. The molecule has 0 saturated carbocycles. The molecule has 0 saturated heterocycles. The van der Waals surface area contributed by atoms with Crippen LogP contribution in [0.2, 0.25) is 0 Å². The molecular formula is C11H14N4OS. The predicted molar refractivity (Wildman–Crippen MR) is 67.8 cm³/mol. The molecule has 2 heterocycles. The minimum Gasteiger partial charge on any atom is -0.396 e. The molecule has 0 bridgehead atoms. The van der Waals surface area contributed by atoms with Gasteiger partial charge in [-0.3, -0.25) is 9.48 Å². The fourth-order valence-electron chi connectivity index (χ4n) is 1.51. The van der Waals surface area contributed by atoms with Crippen LogP contribution >= 0.6 is 11.3 Å². The highest BCUT2D eigenvalue weighted by molar-refractivity contribution is 7.11.